The van der Waals surface area contributed by atoms with E-state index in [1.165, 1.54) is 0 Å². The van der Waals surface area contributed by atoms with E-state index in [-0.39, 0.29) is 5.78 Å². The van der Waals surface area contributed by atoms with Crippen LogP contribution in [-0.2, 0) is 23.0 Å². The van der Waals surface area contributed by atoms with Crippen LogP contribution in [0.15, 0.2) is 0 Å². The van der Waals surface area contributed by atoms with Crippen molar-refractivity contribution in [2.45, 2.75) is 38.7 Å². The maximum atomic E-state index is 12.2. The molecule has 2 heterocycles. The van der Waals surface area contributed by atoms with Crippen LogP contribution in [0.25, 0.3) is 0 Å². The largest absolute Gasteiger partial charge is 0.367 e. The van der Waals surface area contributed by atoms with Crippen LogP contribution in [0.5, 0.6) is 0 Å². The quantitative estimate of drug-likeness (QED) is 0.832. The Kier molecular flexibility index (Phi) is 3.27. The predicted octanol–water partition coefficient (Wildman–Crippen LogP) is 2.06. The number of hydrogen-bond acceptors (Lipinski definition) is 3. The lowest BCUT2D eigenvalue weighted by atomic mass is 9.93. The minimum atomic E-state index is -0.633. The van der Waals surface area contributed by atoms with Gasteiger partial charge in [-0.15, -0.1) is 0 Å². The third-order valence-corrected chi connectivity index (χ3v) is 3.89. The fourth-order valence-electron chi connectivity index (χ4n) is 2.22. The third-order valence-electron chi connectivity index (χ3n) is 3.42. The van der Waals surface area contributed by atoms with Crippen LogP contribution < -0.4 is 0 Å². The number of carbonyl (C=O) groups excluding carboxylic acids is 1. The van der Waals surface area contributed by atoms with E-state index in [4.69, 9.17) is 16.3 Å². The molecule has 17 heavy (non-hydrogen) atoms. The lowest BCUT2D eigenvalue weighted by Crippen LogP contribution is -2.35. The number of ether oxygens (including phenoxy) is 1. The Bertz CT molecular complexity index is 448. The summed E-state index contributed by atoms with van der Waals surface area (Å²) in [4.78, 5) is 12.2. The molecule has 1 unspecified atom stereocenters. The summed E-state index contributed by atoms with van der Waals surface area (Å²) >= 11 is 6.12. The van der Waals surface area contributed by atoms with Gasteiger partial charge in [-0.25, -0.2) is 0 Å². The third kappa shape index (κ3) is 2.24. The minimum Gasteiger partial charge on any atom is -0.367 e. The summed E-state index contributed by atoms with van der Waals surface area (Å²) in [5.74, 6) is 0.0907. The summed E-state index contributed by atoms with van der Waals surface area (Å²) in [5.41, 5.74) is 0.995. The van der Waals surface area contributed by atoms with Crippen molar-refractivity contribution >= 4 is 17.4 Å². The van der Waals surface area contributed by atoms with Gasteiger partial charge in [0.05, 0.1) is 5.69 Å². The smallest absolute Gasteiger partial charge is 0.168 e. The second kappa shape index (κ2) is 4.42. The highest BCUT2D eigenvalue weighted by Gasteiger charge is 2.37. The van der Waals surface area contributed by atoms with E-state index in [0.717, 1.165) is 24.1 Å². The molecule has 1 saturated heterocycles. The SMILES string of the molecule is Cc1nn(C)c(Cl)c1CC(=O)C1(C)CCCO1. The Hall–Kier alpha value is -0.870. The average molecular weight is 257 g/mol. The van der Waals surface area contributed by atoms with Gasteiger partial charge < -0.3 is 4.74 Å². The number of ketones is 1. The van der Waals surface area contributed by atoms with Crippen molar-refractivity contribution in [1.82, 2.24) is 9.78 Å². The molecule has 2 rings (SSSR count). The van der Waals surface area contributed by atoms with Crippen molar-refractivity contribution in [2.75, 3.05) is 6.61 Å². The Labute approximate surface area is 106 Å². The summed E-state index contributed by atoms with van der Waals surface area (Å²) in [6.07, 6.45) is 2.04. The summed E-state index contributed by atoms with van der Waals surface area (Å²) in [6, 6.07) is 0. The van der Waals surface area contributed by atoms with Crippen LogP contribution in [-0.4, -0.2) is 27.8 Å². The molecule has 1 aliphatic heterocycles. The van der Waals surface area contributed by atoms with Crippen LogP contribution >= 0.6 is 11.6 Å². The van der Waals surface area contributed by atoms with Crippen molar-refractivity contribution in [3.8, 4) is 0 Å². The zero-order chi connectivity index (χ0) is 12.6. The fraction of sp³-hybridized carbons (Fsp3) is 0.667. The lowest BCUT2D eigenvalue weighted by molar-refractivity contribution is -0.136. The summed E-state index contributed by atoms with van der Waals surface area (Å²) < 4.78 is 7.14. The highest BCUT2D eigenvalue weighted by atomic mass is 35.5. The molecule has 4 nitrogen and oxygen atoms in total. The Morgan fingerprint density at radius 2 is 2.35 bits per heavy atom. The summed E-state index contributed by atoms with van der Waals surface area (Å²) in [6.45, 7) is 4.40. The first-order chi connectivity index (χ1) is 7.94. The van der Waals surface area contributed by atoms with Crippen LogP contribution in [0.4, 0.5) is 0 Å². The van der Waals surface area contributed by atoms with Gasteiger partial charge in [0.25, 0.3) is 0 Å². The number of nitrogens with zero attached hydrogens (tertiary/aromatic N) is 2. The molecule has 1 aliphatic rings. The first-order valence-corrected chi connectivity index (χ1v) is 6.17. The molecule has 0 aromatic carbocycles. The lowest BCUT2D eigenvalue weighted by Gasteiger charge is -2.21. The predicted molar refractivity (Wildman–Crippen MR) is 65.3 cm³/mol. The van der Waals surface area contributed by atoms with Gasteiger partial charge in [0, 0.05) is 25.6 Å². The second-order valence-corrected chi connectivity index (χ2v) is 5.12. The molecule has 1 atom stereocenters. The number of rotatable bonds is 3. The van der Waals surface area contributed by atoms with Gasteiger partial charge in [-0.1, -0.05) is 11.6 Å². The molecule has 0 amide bonds. The molecule has 94 valence electrons. The molecular weight excluding hydrogens is 240 g/mol. The van der Waals surface area contributed by atoms with Gasteiger partial charge in [-0.2, -0.15) is 5.10 Å². The van der Waals surface area contributed by atoms with E-state index in [2.05, 4.69) is 5.10 Å². The highest BCUT2D eigenvalue weighted by Crippen LogP contribution is 2.29. The van der Waals surface area contributed by atoms with Crippen LogP contribution in [0.1, 0.15) is 31.0 Å². The number of Topliss-reactive ketones (excluding diaryl/α,β-unsaturated/α-hetero) is 1. The molecular formula is C12H17ClN2O2. The Morgan fingerprint density at radius 1 is 1.65 bits per heavy atom. The molecule has 0 radical (unpaired) electrons. The van der Waals surface area contributed by atoms with Gasteiger partial charge >= 0.3 is 0 Å². The number of hydrogen-bond donors (Lipinski definition) is 0. The normalized spacial score (nSPS) is 24.2. The average Bonchev–Trinajstić information content (AvgIpc) is 2.80. The van der Waals surface area contributed by atoms with Crippen molar-refractivity contribution in [2.24, 2.45) is 7.05 Å². The highest BCUT2D eigenvalue weighted by molar-refractivity contribution is 6.30. The second-order valence-electron chi connectivity index (χ2n) is 4.76. The van der Waals surface area contributed by atoms with E-state index >= 15 is 0 Å². The molecule has 0 spiro atoms. The van der Waals surface area contributed by atoms with E-state index in [1.54, 1.807) is 11.7 Å². The number of aryl methyl sites for hydroxylation is 2. The van der Waals surface area contributed by atoms with Gasteiger partial charge in [-0.3, -0.25) is 9.48 Å². The van der Waals surface area contributed by atoms with Crippen molar-refractivity contribution in [3.05, 3.63) is 16.4 Å². The Balaban J connectivity index is 2.18. The van der Waals surface area contributed by atoms with E-state index in [0.29, 0.717) is 18.2 Å². The molecule has 1 fully saturated rings. The standard InChI is InChI=1S/C12H17ClN2O2/c1-8-9(11(13)15(3)14-8)7-10(16)12(2)5-4-6-17-12/h4-7H2,1-3H3. The maximum absolute atomic E-state index is 12.2. The van der Waals surface area contributed by atoms with Crippen molar-refractivity contribution in [1.29, 1.82) is 0 Å². The number of halogens is 1. The van der Waals surface area contributed by atoms with E-state index in [9.17, 15) is 4.79 Å². The monoisotopic (exact) mass is 256 g/mol. The zero-order valence-corrected chi connectivity index (χ0v) is 11.2. The molecule has 1 aromatic rings. The summed E-state index contributed by atoms with van der Waals surface area (Å²) in [5, 5.41) is 4.74. The molecule has 0 saturated carbocycles. The topological polar surface area (TPSA) is 44.1 Å². The zero-order valence-electron chi connectivity index (χ0n) is 10.4. The Morgan fingerprint density at radius 3 is 2.82 bits per heavy atom. The molecule has 0 N–H and O–H groups in total. The van der Waals surface area contributed by atoms with Crippen LogP contribution in [0, 0.1) is 6.92 Å². The van der Waals surface area contributed by atoms with Gasteiger partial charge in [-0.05, 0) is 26.7 Å². The first-order valence-electron chi connectivity index (χ1n) is 5.79. The van der Waals surface area contributed by atoms with Crippen LogP contribution in [0.3, 0.4) is 0 Å². The first kappa shape index (κ1) is 12.6. The molecule has 1 aromatic heterocycles. The van der Waals surface area contributed by atoms with Crippen molar-refractivity contribution < 1.29 is 9.53 Å². The number of carbonyl (C=O) groups is 1. The van der Waals surface area contributed by atoms with Crippen LogP contribution in [0.2, 0.25) is 5.15 Å². The van der Waals surface area contributed by atoms with Crippen molar-refractivity contribution in [3.63, 3.8) is 0 Å². The van der Waals surface area contributed by atoms with Gasteiger partial charge in [0.2, 0.25) is 0 Å². The van der Waals surface area contributed by atoms with Gasteiger partial charge in [0.1, 0.15) is 10.8 Å². The molecule has 0 aliphatic carbocycles. The molecule has 0 bridgehead atoms. The van der Waals surface area contributed by atoms with E-state index in [1.807, 2.05) is 13.8 Å². The van der Waals surface area contributed by atoms with Gasteiger partial charge in [0.15, 0.2) is 5.78 Å². The fourth-order valence-corrected chi connectivity index (χ4v) is 2.46. The molecule has 5 heteroatoms. The maximum Gasteiger partial charge on any atom is 0.168 e. The number of aromatic nitrogens is 2. The van der Waals surface area contributed by atoms with E-state index < -0.39 is 5.60 Å². The minimum absolute atomic E-state index is 0.0907. The summed E-state index contributed by atoms with van der Waals surface area (Å²) in [7, 11) is 1.77.